The van der Waals surface area contributed by atoms with E-state index in [0.29, 0.717) is 0 Å². The Labute approximate surface area is 191 Å². The zero-order valence-corrected chi connectivity index (χ0v) is 17.9. The predicted molar refractivity (Wildman–Crippen MR) is 109 cm³/mol. The number of nitrogens with one attached hydrogen (secondary N) is 2. The summed E-state index contributed by atoms with van der Waals surface area (Å²) in [5.41, 5.74) is -1.29. The van der Waals surface area contributed by atoms with E-state index in [1.807, 2.05) is 0 Å². The highest BCUT2D eigenvalue weighted by Crippen LogP contribution is 2.48. The van der Waals surface area contributed by atoms with Crippen LogP contribution in [0.4, 0.5) is 4.79 Å². The third kappa shape index (κ3) is 3.57. The first-order valence-corrected chi connectivity index (χ1v) is 11.1. The smallest absolute Gasteiger partial charge is 0.330 e. The number of ether oxygens (including phenoxy) is 2. The van der Waals surface area contributed by atoms with Crippen LogP contribution in [0.1, 0.15) is 37.0 Å². The minimum absolute atomic E-state index is 0.0228. The van der Waals surface area contributed by atoms with Crippen LogP contribution in [0, 0.1) is 5.92 Å². The Balaban J connectivity index is 1.47. The monoisotopic (exact) mass is 482 g/mol. The SMILES string of the molecule is O=C1NC(=O)N([C@H]2C[C@H](O)[C@@H](CO)O2)[C@H]2[C@@H](c3cn([C@H]4C[C@H](O)[C@@H](CO)O4)c(=O)[nH]c3=O)C[C@@H]12. The fraction of sp³-hybridized carbons (Fsp3) is 0.700. The number of fused-ring (bicyclic) bond motifs is 1. The van der Waals surface area contributed by atoms with E-state index in [0.717, 1.165) is 4.57 Å². The first-order chi connectivity index (χ1) is 16.2. The summed E-state index contributed by atoms with van der Waals surface area (Å²) >= 11 is 0. The summed E-state index contributed by atoms with van der Waals surface area (Å²) in [4.78, 5) is 53.8. The van der Waals surface area contributed by atoms with E-state index in [1.54, 1.807) is 0 Å². The Hall–Kier alpha value is -2.62. The molecule has 5 rings (SSSR count). The summed E-state index contributed by atoms with van der Waals surface area (Å²) in [7, 11) is 0. The average molecular weight is 482 g/mol. The topological polar surface area (TPSA) is 204 Å². The van der Waals surface area contributed by atoms with Crippen molar-refractivity contribution in [2.24, 2.45) is 5.92 Å². The van der Waals surface area contributed by atoms with Gasteiger partial charge < -0.3 is 29.9 Å². The number of aliphatic hydroxyl groups excluding tert-OH is 4. The fourth-order valence-electron chi connectivity index (χ4n) is 5.40. The lowest BCUT2D eigenvalue weighted by atomic mass is 9.65. The number of urea groups is 1. The third-order valence-electron chi connectivity index (χ3n) is 7.24. The molecule has 0 aromatic carbocycles. The van der Waals surface area contributed by atoms with Crippen molar-refractivity contribution in [3.05, 3.63) is 32.6 Å². The Morgan fingerprint density at radius 3 is 2.15 bits per heavy atom. The summed E-state index contributed by atoms with van der Waals surface area (Å²) < 4.78 is 12.3. The molecule has 1 saturated carbocycles. The van der Waals surface area contributed by atoms with Gasteiger partial charge in [0, 0.05) is 30.5 Å². The number of nitrogens with zero attached hydrogens (tertiary/aromatic N) is 2. The van der Waals surface area contributed by atoms with Crippen LogP contribution in [0.3, 0.4) is 0 Å². The normalized spacial score (nSPS) is 39.6. The van der Waals surface area contributed by atoms with Gasteiger partial charge in [0.2, 0.25) is 5.91 Å². The lowest BCUT2D eigenvalue weighted by Crippen LogP contribution is -2.69. The molecule has 3 saturated heterocycles. The Morgan fingerprint density at radius 1 is 0.912 bits per heavy atom. The number of carbonyl (C=O) groups is 2. The van der Waals surface area contributed by atoms with Gasteiger partial charge in [-0.05, 0) is 6.42 Å². The van der Waals surface area contributed by atoms with Crippen molar-refractivity contribution in [2.45, 2.75) is 68.1 Å². The van der Waals surface area contributed by atoms with Crippen molar-refractivity contribution >= 4 is 11.9 Å². The molecular formula is C20H26N4O10. The number of rotatable bonds is 5. The largest absolute Gasteiger partial charge is 0.394 e. The summed E-state index contributed by atoms with van der Waals surface area (Å²) in [6.45, 7) is -0.889. The number of hydrogen-bond donors (Lipinski definition) is 6. The summed E-state index contributed by atoms with van der Waals surface area (Å²) in [6.07, 6.45) is -4.02. The molecule has 1 aromatic rings. The molecule has 9 atom stereocenters. The second-order valence-corrected chi connectivity index (χ2v) is 9.12. The van der Waals surface area contributed by atoms with Gasteiger partial charge in [-0.1, -0.05) is 0 Å². The molecule has 4 fully saturated rings. The van der Waals surface area contributed by atoms with Gasteiger partial charge in [-0.3, -0.25) is 29.4 Å². The maximum atomic E-state index is 12.7. The fourth-order valence-corrected chi connectivity index (χ4v) is 5.40. The molecule has 4 heterocycles. The minimum Gasteiger partial charge on any atom is -0.394 e. The van der Waals surface area contributed by atoms with Gasteiger partial charge >= 0.3 is 11.7 Å². The average Bonchev–Trinajstić information content (AvgIpc) is 3.33. The number of imide groups is 1. The third-order valence-corrected chi connectivity index (χ3v) is 7.24. The highest BCUT2D eigenvalue weighted by molar-refractivity contribution is 5.99. The van der Waals surface area contributed by atoms with Crippen LogP contribution < -0.4 is 16.6 Å². The maximum absolute atomic E-state index is 12.7. The van der Waals surface area contributed by atoms with E-state index in [9.17, 15) is 39.6 Å². The number of amides is 3. The van der Waals surface area contributed by atoms with Crippen LogP contribution >= 0.6 is 0 Å². The number of aliphatic hydroxyl groups is 4. The molecule has 1 aliphatic carbocycles. The van der Waals surface area contributed by atoms with Crippen molar-refractivity contribution in [3.63, 3.8) is 0 Å². The van der Waals surface area contributed by atoms with Crippen molar-refractivity contribution in [2.75, 3.05) is 13.2 Å². The minimum atomic E-state index is -1.01. The van der Waals surface area contributed by atoms with Crippen LogP contribution in [0.5, 0.6) is 0 Å². The molecule has 0 bridgehead atoms. The Kier molecular flexibility index (Phi) is 5.82. The first-order valence-electron chi connectivity index (χ1n) is 11.1. The molecule has 14 heteroatoms. The van der Waals surface area contributed by atoms with E-state index >= 15 is 0 Å². The van der Waals surface area contributed by atoms with Gasteiger partial charge in [-0.2, -0.15) is 0 Å². The summed E-state index contributed by atoms with van der Waals surface area (Å²) in [5, 5.41) is 41.1. The standard InChI is InChI=1S/C20H26N4O10/c25-5-12-10(27)2-14(33-12)23-4-9(18(30)21-19(23)31)7-1-8-16(7)24(20(32)22-17(8)29)15-3-11(28)13(6-26)34-15/h4,7-8,10-16,25-28H,1-3,5-6H2,(H,21,30,31)(H,22,29,32)/t7-,8-,10+,11+,12-,13-,14-,15-,16+/m1/s1. The lowest BCUT2D eigenvalue weighted by molar-refractivity contribution is -0.145. The molecule has 0 spiro atoms. The predicted octanol–water partition coefficient (Wildman–Crippen LogP) is -3.33. The molecule has 0 radical (unpaired) electrons. The molecule has 1 aromatic heterocycles. The molecule has 0 unspecified atom stereocenters. The van der Waals surface area contributed by atoms with E-state index < -0.39 is 91.2 Å². The van der Waals surface area contributed by atoms with Crippen LogP contribution in [-0.4, -0.2) is 96.7 Å². The molecule has 3 amide bonds. The second-order valence-electron chi connectivity index (χ2n) is 9.12. The molecule has 6 N–H and O–H groups in total. The van der Waals surface area contributed by atoms with Gasteiger partial charge in [0.25, 0.3) is 5.56 Å². The molecule has 186 valence electrons. The van der Waals surface area contributed by atoms with Crippen LogP contribution in [0.15, 0.2) is 15.8 Å². The zero-order valence-electron chi connectivity index (χ0n) is 17.9. The van der Waals surface area contributed by atoms with Crippen molar-refractivity contribution in [1.29, 1.82) is 0 Å². The molecule has 3 aliphatic heterocycles. The Morgan fingerprint density at radius 2 is 1.53 bits per heavy atom. The van der Waals surface area contributed by atoms with Gasteiger partial charge in [-0.15, -0.1) is 0 Å². The van der Waals surface area contributed by atoms with E-state index in [2.05, 4.69) is 10.3 Å². The van der Waals surface area contributed by atoms with Crippen LogP contribution in [0.25, 0.3) is 0 Å². The van der Waals surface area contributed by atoms with Gasteiger partial charge in [-0.25, -0.2) is 9.59 Å². The van der Waals surface area contributed by atoms with E-state index in [1.165, 1.54) is 11.1 Å². The quantitative estimate of drug-likeness (QED) is 0.246. The van der Waals surface area contributed by atoms with Crippen LogP contribution in [-0.2, 0) is 14.3 Å². The highest BCUT2D eigenvalue weighted by Gasteiger charge is 2.58. The maximum Gasteiger partial charge on any atom is 0.330 e. The van der Waals surface area contributed by atoms with E-state index in [4.69, 9.17) is 9.47 Å². The van der Waals surface area contributed by atoms with E-state index in [-0.39, 0.29) is 24.8 Å². The molecule has 34 heavy (non-hydrogen) atoms. The number of aromatic amines is 1. The zero-order chi connectivity index (χ0) is 24.3. The second kappa shape index (κ2) is 8.55. The summed E-state index contributed by atoms with van der Waals surface area (Å²) in [6, 6.07) is -1.49. The molecule has 4 aliphatic rings. The number of aromatic nitrogens is 2. The van der Waals surface area contributed by atoms with Gasteiger partial charge in [0.1, 0.15) is 24.7 Å². The number of H-pyrrole nitrogens is 1. The van der Waals surface area contributed by atoms with Crippen LogP contribution in [0.2, 0.25) is 0 Å². The Bertz CT molecular complexity index is 1100. The van der Waals surface area contributed by atoms with Crippen molar-refractivity contribution in [3.8, 4) is 0 Å². The van der Waals surface area contributed by atoms with Crippen molar-refractivity contribution < 1.29 is 39.5 Å². The van der Waals surface area contributed by atoms with Crippen molar-refractivity contribution in [1.82, 2.24) is 19.8 Å². The molecular weight excluding hydrogens is 456 g/mol. The van der Waals surface area contributed by atoms with Gasteiger partial charge in [0.05, 0.1) is 37.4 Å². The molecule has 14 nitrogen and oxygen atoms in total. The lowest BCUT2D eigenvalue weighted by Gasteiger charge is -2.53. The van der Waals surface area contributed by atoms with Gasteiger partial charge in [0.15, 0.2) is 0 Å². The number of hydrogen-bond acceptors (Lipinski definition) is 10. The summed E-state index contributed by atoms with van der Waals surface area (Å²) in [5.74, 6) is -1.73. The number of carbonyl (C=O) groups excluding carboxylic acids is 2. The first kappa shape index (κ1) is 23.1. The highest BCUT2D eigenvalue weighted by atomic mass is 16.5.